The van der Waals surface area contributed by atoms with Gasteiger partial charge in [-0.1, -0.05) is 30.3 Å². The lowest BCUT2D eigenvalue weighted by Gasteiger charge is -2.15. The van der Waals surface area contributed by atoms with E-state index in [1.54, 1.807) is 30.3 Å². The molecule has 0 saturated heterocycles. The van der Waals surface area contributed by atoms with Crippen LogP contribution in [0, 0.1) is 0 Å². The first-order valence-corrected chi connectivity index (χ1v) is 9.79. The zero-order valence-corrected chi connectivity index (χ0v) is 15.2. The fourth-order valence-corrected chi connectivity index (χ4v) is 4.62. The molecule has 1 aliphatic heterocycles. The molecule has 142 valence electrons. The highest BCUT2D eigenvalue weighted by Gasteiger charge is 2.40. The largest absolute Gasteiger partial charge is 0.459 e. The van der Waals surface area contributed by atoms with Crippen LogP contribution in [0.1, 0.15) is 20.8 Å². The number of aromatic amines is 1. The summed E-state index contributed by atoms with van der Waals surface area (Å²) >= 11 is 0. The molecule has 1 aliphatic rings. The molecule has 3 aromatic rings. The van der Waals surface area contributed by atoms with Gasteiger partial charge >= 0.3 is 5.97 Å². The number of nitrogens with one attached hydrogen (secondary N) is 1. The predicted molar refractivity (Wildman–Crippen MR) is 99.5 cm³/mol. The van der Waals surface area contributed by atoms with Gasteiger partial charge in [0.2, 0.25) is 0 Å². The second-order valence-electron chi connectivity index (χ2n) is 6.11. The molecule has 2 aromatic carbocycles. The van der Waals surface area contributed by atoms with E-state index in [1.165, 1.54) is 24.3 Å². The maximum atomic E-state index is 12.4. The van der Waals surface area contributed by atoms with Crippen LogP contribution in [0.3, 0.4) is 0 Å². The van der Waals surface area contributed by atoms with Gasteiger partial charge in [-0.2, -0.15) is 0 Å². The number of esters is 1. The molecule has 0 fully saturated rings. The van der Waals surface area contributed by atoms with Crippen LogP contribution in [0.25, 0.3) is 10.8 Å². The van der Waals surface area contributed by atoms with Crippen LogP contribution in [-0.2, 0) is 14.8 Å². The fraction of sp³-hybridized carbons (Fsp3) is 0.105. The normalized spacial score (nSPS) is 14.9. The molecule has 0 unspecified atom stereocenters. The number of carbonyl (C=O) groups is 2. The average molecular weight is 398 g/mol. The summed E-state index contributed by atoms with van der Waals surface area (Å²) in [6, 6.07) is 14.1. The summed E-state index contributed by atoms with van der Waals surface area (Å²) < 4.78 is 30.6. The topological polar surface area (TPSA) is 114 Å². The summed E-state index contributed by atoms with van der Waals surface area (Å²) in [6.45, 7) is -0.661. The number of sulfonamides is 1. The highest BCUT2D eigenvalue weighted by molar-refractivity contribution is 7.90. The van der Waals surface area contributed by atoms with Crippen LogP contribution in [0.15, 0.2) is 64.3 Å². The lowest BCUT2D eigenvalue weighted by Crippen LogP contribution is -2.33. The summed E-state index contributed by atoms with van der Waals surface area (Å²) in [6.07, 6.45) is 0. The number of aromatic nitrogens is 1. The van der Waals surface area contributed by atoms with E-state index in [0.717, 1.165) is 0 Å². The molecule has 1 aromatic heterocycles. The Morgan fingerprint density at radius 3 is 2.54 bits per heavy atom. The maximum Gasteiger partial charge on any atom is 0.354 e. The van der Waals surface area contributed by atoms with E-state index < -0.39 is 27.5 Å². The number of nitrogens with zero attached hydrogens (tertiary/aromatic N) is 1. The van der Waals surface area contributed by atoms with E-state index in [2.05, 4.69) is 4.98 Å². The minimum absolute atomic E-state index is 0.0532. The van der Waals surface area contributed by atoms with Gasteiger partial charge < -0.3 is 9.72 Å². The smallest absolute Gasteiger partial charge is 0.354 e. The first kappa shape index (κ1) is 17.9. The highest BCUT2D eigenvalue weighted by Crippen LogP contribution is 2.29. The third kappa shape index (κ3) is 2.85. The number of H-pyrrole nitrogens is 1. The molecule has 0 atom stereocenters. The van der Waals surface area contributed by atoms with Crippen molar-refractivity contribution in [1.29, 1.82) is 0 Å². The van der Waals surface area contributed by atoms with Crippen LogP contribution in [0.4, 0.5) is 0 Å². The van der Waals surface area contributed by atoms with Gasteiger partial charge in [-0.25, -0.2) is 17.5 Å². The van der Waals surface area contributed by atoms with Crippen LogP contribution >= 0.6 is 0 Å². The zero-order chi connectivity index (χ0) is 19.9. The number of fused-ring (bicyclic) bond motifs is 2. The fourth-order valence-electron chi connectivity index (χ4n) is 3.07. The Morgan fingerprint density at radius 2 is 1.75 bits per heavy atom. The molecule has 0 radical (unpaired) electrons. The third-order valence-electron chi connectivity index (χ3n) is 4.41. The Bertz CT molecular complexity index is 1280. The van der Waals surface area contributed by atoms with Crippen molar-refractivity contribution in [2.45, 2.75) is 4.90 Å². The summed E-state index contributed by atoms with van der Waals surface area (Å²) in [5.74, 6) is -1.48. The average Bonchev–Trinajstić information content (AvgIpc) is 2.88. The second-order valence-corrected chi connectivity index (χ2v) is 7.94. The monoisotopic (exact) mass is 398 g/mol. The number of rotatable bonds is 4. The van der Waals surface area contributed by atoms with Crippen molar-refractivity contribution in [3.05, 3.63) is 76.2 Å². The van der Waals surface area contributed by atoms with Crippen molar-refractivity contribution in [2.24, 2.45) is 0 Å². The molecule has 4 rings (SSSR count). The first-order chi connectivity index (χ1) is 13.4. The minimum Gasteiger partial charge on any atom is -0.459 e. The maximum absolute atomic E-state index is 12.4. The Balaban J connectivity index is 1.48. The van der Waals surface area contributed by atoms with E-state index >= 15 is 0 Å². The summed E-state index contributed by atoms with van der Waals surface area (Å²) in [7, 11) is -3.96. The van der Waals surface area contributed by atoms with Crippen molar-refractivity contribution in [3.8, 4) is 0 Å². The van der Waals surface area contributed by atoms with E-state index in [0.29, 0.717) is 15.1 Å². The van der Waals surface area contributed by atoms with Crippen molar-refractivity contribution in [1.82, 2.24) is 9.29 Å². The number of pyridine rings is 1. The molecule has 9 heteroatoms. The molecular weight excluding hydrogens is 384 g/mol. The molecule has 1 N–H and O–H groups in total. The Morgan fingerprint density at radius 1 is 1.04 bits per heavy atom. The molecule has 0 saturated carbocycles. The van der Waals surface area contributed by atoms with Crippen LogP contribution in [0.2, 0.25) is 0 Å². The molecule has 0 aliphatic carbocycles. The van der Waals surface area contributed by atoms with Gasteiger partial charge in [0.05, 0.1) is 12.1 Å². The van der Waals surface area contributed by atoms with Gasteiger partial charge in [0.25, 0.3) is 21.5 Å². The van der Waals surface area contributed by atoms with Crippen LogP contribution < -0.4 is 5.56 Å². The Labute approximate surface area is 159 Å². The Kier molecular flexibility index (Phi) is 4.23. The van der Waals surface area contributed by atoms with Gasteiger partial charge in [0.15, 0.2) is 0 Å². The van der Waals surface area contributed by atoms with Crippen molar-refractivity contribution in [2.75, 3.05) is 13.2 Å². The minimum atomic E-state index is -3.96. The van der Waals surface area contributed by atoms with E-state index in [4.69, 9.17) is 4.74 Å². The predicted octanol–water partition coefficient (Wildman–Crippen LogP) is 1.53. The van der Waals surface area contributed by atoms with E-state index in [-0.39, 0.29) is 29.3 Å². The van der Waals surface area contributed by atoms with Gasteiger partial charge in [-0.3, -0.25) is 9.59 Å². The van der Waals surface area contributed by atoms with Crippen LogP contribution in [-0.4, -0.2) is 42.7 Å². The number of benzene rings is 2. The van der Waals surface area contributed by atoms with Gasteiger partial charge in [0, 0.05) is 5.39 Å². The zero-order valence-electron chi connectivity index (χ0n) is 14.4. The van der Waals surface area contributed by atoms with Crippen molar-refractivity contribution in [3.63, 3.8) is 0 Å². The summed E-state index contributed by atoms with van der Waals surface area (Å²) in [5, 5.41) is 1.01. The van der Waals surface area contributed by atoms with E-state index in [1.807, 2.05) is 0 Å². The van der Waals surface area contributed by atoms with Gasteiger partial charge in [-0.15, -0.1) is 0 Å². The Hall–Kier alpha value is -3.46. The molecule has 28 heavy (non-hydrogen) atoms. The SMILES string of the molecule is O=C(OCCN1C(=O)c2ccccc2S1(=O)=O)c1cc2ccccc2c(=O)[nH]1. The lowest BCUT2D eigenvalue weighted by molar-refractivity contribution is 0.0471. The molecular formula is C19H14N2O6S. The van der Waals surface area contributed by atoms with E-state index in [9.17, 15) is 22.8 Å². The number of hydrogen-bond donors (Lipinski definition) is 1. The van der Waals surface area contributed by atoms with Gasteiger partial charge in [-0.05, 0) is 29.7 Å². The first-order valence-electron chi connectivity index (χ1n) is 8.35. The van der Waals surface area contributed by atoms with Crippen molar-refractivity contribution < 1.29 is 22.7 Å². The number of ether oxygens (including phenoxy) is 1. The third-order valence-corrected chi connectivity index (χ3v) is 6.25. The summed E-state index contributed by atoms with van der Waals surface area (Å²) in [5.41, 5.74) is -0.395. The van der Waals surface area contributed by atoms with Gasteiger partial charge in [0.1, 0.15) is 17.2 Å². The molecule has 2 heterocycles. The molecule has 1 amide bonds. The molecule has 8 nitrogen and oxygen atoms in total. The standard InChI is InChI=1S/C19H14N2O6S/c22-17-13-6-2-1-5-12(13)11-15(20-17)19(24)27-10-9-21-18(23)14-7-3-4-8-16(14)28(21,25)26/h1-8,11H,9-10H2,(H,20,22). The molecule has 0 bridgehead atoms. The lowest BCUT2D eigenvalue weighted by atomic mass is 10.1. The number of amides is 1. The summed E-state index contributed by atoms with van der Waals surface area (Å²) in [4.78, 5) is 39.0. The quantitative estimate of drug-likeness (QED) is 0.667. The van der Waals surface area contributed by atoms with Crippen molar-refractivity contribution >= 4 is 32.7 Å². The highest BCUT2D eigenvalue weighted by atomic mass is 32.2. The second kappa shape index (κ2) is 6.61. The molecule has 0 spiro atoms. The number of hydrogen-bond acceptors (Lipinski definition) is 6. The number of carbonyl (C=O) groups excluding carboxylic acids is 2. The van der Waals surface area contributed by atoms with Crippen LogP contribution in [0.5, 0.6) is 0 Å².